The maximum absolute atomic E-state index is 13.3. The van der Waals surface area contributed by atoms with E-state index in [1.807, 2.05) is 54.6 Å². The number of aryl methyl sites for hydroxylation is 1. The van der Waals surface area contributed by atoms with Gasteiger partial charge in [0.2, 0.25) is 10.0 Å². The molecule has 5 aromatic rings. The van der Waals surface area contributed by atoms with Crippen molar-refractivity contribution in [1.29, 1.82) is 0 Å². The van der Waals surface area contributed by atoms with Gasteiger partial charge in [-0.2, -0.15) is 0 Å². The molecular formula is C26H24N6O3S. The molecule has 1 saturated heterocycles. The number of imidazole rings is 1. The van der Waals surface area contributed by atoms with E-state index in [1.54, 1.807) is 28.6 Å². The molecule has 1 fully saturated rings. The minimum Gasteiger partial charge on any atom is -0.293 e. The van der Waals surface area contributed by atoms with E-state index in [0.29, 0.717) is 35.0 Å². The summed E-state index contributed by atoms with van der Waals surface area (Å²) < 4.78 is 28.9. The van der Waals surface area contributed by atoms with Gasteiger partial charge in [-0.3, -0.25) is 19.1 Å². The van der Waals surface area contributed by atoms with Crippen LogP contribution < -0.4 is 5.69 Å². The number of sulfonamides is 1. The summed E-state index contributed by atoms with van der Waals surface area (Å²) in [6, 6.07) is 17.4. The summed E-state index contributed by atoms with van der Waals surface area (Å²) in [5.41, 5.74) is 5.87. The SMILES string of the molecule is Cn1c(=O)n([C@H]2CCN(S(C)(=O)=O)C2)c2c3nc(-c4ccc(-c5ccccc5)nc4)ccc3ncc21. The zero-order valence-electron chi connectivity index (χ0n) is 19.9. The van der Waals surface area contributed by atoms with Crippen LogP contribution in [0.2, 0.25) is 0 Å². The van der Waals surface area contributed by atoms with Gasteiger partial charge in [0.1, 0.15) is 5.52 Å². The van der Waals surface area contributed by atoms with Crippen molar-refractivity contribution in [2.45, 2.75) is 12.5 Å². The van der Waals surface area contributed by atoms with Crippen LogP contribution in [-0.4, -0.2) is 56.2 Å². The predicted molar refractivity (Wildman–Crippen MR) is 139 cm³/mol. The molecule has 1 aliphatic heterocycles. The van der Waals surface area contributed by atoms with Crippen LogP contribution in [0.3, 0.4) is 0 Å². The molecule has 0 unspecified atom stereocenters. The third kappa shape index (κ3) is 3.69. The van der Waals surface area contributed by atoms with Crippen molar-refractivity contribution in [2.75, 3.05) is 19.3 Å². The van der Waals surface area contributed by atoms with Crippen LogP contribution in [0.25, 0.3) is 44.6 Å². The van der Waals surface area contributed by atoms with Gasteiger partial charge in [-0.05, 0) is 30.7 Å². The fourth-order valence-electron chi connectivity index (χ4n) is 4.93. The van der Waals surface area contributed by atoms with E-state index in [9.17, 15) is 13.2 Å². The number of fused-ring (bicyclic) bond motifs is 3. The van der Waals surface area contributed by atoms with Crippen molar-refractivity contribution in [2.24, 2.45) is 7.05 Å². The Balaban J connectivity index is 1.48. The summed E-state index contributed by atoms with van der Waals surface area (Å²) in [6.07, 6.45) is 5.23. The zero-order chi connectivity index (χ0) is 25.0. The minimum atomic E-state index is -3.34. The number of pyridine rings is 3. The molecule has 182 valence electrons. The maximum Gasteiger partial charge on any atom is 0.329 e. The molecule has 5 heterocycles. The molecule has 10 heteroatoms. The first-order valence-electron chi connectivity index (χ1n) is 11.6. The smallest absolute Gasteiger partial charge is 0.293 e. The van der Waals surface area contributed by atoms with Crippen molar-refractivity contribution >= 4 is 32.1 Å². The van der Waals surface area contributed by atoms with Gasteiger partial charge in [-0.1, -0.05) is 30.3 Å². The van der Waals surface area contributed by atoms with E-state index in [2.05, 4.69) is 9.97 Å². The number of rotatable bonds is 4. The summed E-state index contributed by atoms with van der Waals surface area (Å²) in [5, 5.41) is 0. The van der Waals surface area contributed by atoms with Crippen molar-refractivity contribution in [3.63, 3.8) is 0 Å². The average Bonchev–Trinajstić information content (AvgIpc) is 3.48. The molecule has 9 nitrogen and oxygen atoms in total. The highest BCUT2D eigenvalue weighted by Crippen LogP contribution is 2.30. The van der Waals surface area contributed by atoms with Gasteiger partial charge in [0.15, 0.2) is 0 Å². The van der Waals surface area contributed by atoms with Crippen LogP contribution in [0, 0.1) is 0 Å². The molecule has 0 spiro atoms. The van der Waals surface area contributed by atoms with Crippen LogP contribution >= 0.6 is 0 Å². The van der Waals surface area contributed by atoms with E-state index in [0.717, 1.165) is 22.5 Å². The number of hydrogen-bond acceptors (Lipinski definition) is 6. The lowest BCUT2D eigenvalue weighted by Gasteiger charge is -2.15. The second-order valence-corrected chi connectivity index (χ2v) is 11.1. The van der Waals surface area contributed by atoms with Gasteiger partial charge in [-0.25, -0.2) is 22.5 Å². The molecule has 36 heavy (non-hydrogen) atoms. The molecule has 0 radical (unpaired) electrons. The third-order valence-corrected chi connectivity index (χ3v) is 8.12. The first-order valence-corrected chi connectivity index (χ1v) is 13.5. The Morgan fingerprint density at radius 1 is 0.917 bits per heavy atom. The van der Waals surface area contributed by atoms with E-state index < -0.39 is 10.0 Å². The summed E-state index contributed by atoms with van der Waals surface area (Å²) in [7, 11) is -1.63. The first-order chi connectivity index (χ1) is 17.3. The largest absolute Gasteiger partial charge is 0.329 e. The summed E-state index contributed by atoms with van der Waals surface area (Å²) in [5.74, 6) is 0. The average molecular weight is 501 g/mol. The molecule has 0 N–H and O–H groups in total. The van der Waals surface area contributed by atoms with Gasteiger partial charge in [0.25, 0.3) is 0 Å². The highest BCUT2D eigenvalue weighted by Gasteiger charge is 2.32. The molecule has 4 aromatic heterocycles. The van der Waals surface area contributed by atoms with Gasteiger partial charge in [-0.15, -0.1) is 0 Å². The molecule has 1 atom stereocenters. The summed E-state index contributed by atoms with van der Waals surface area (Å²) in [6.45, 7) is 0.639. The Bertz CT molecular complexity index is 1780. The number of aromatic nitrogens is 5. The van der Waals surface area contributed by atoms with E-state index in [1.165, 1.54) is 10.6 Å². The monoisotopic (exact) mass is 500 g/mol. The van der Waals surface area contributed by atoms with Crippen LogP contribution in [0.1, 0.15) is 12.5 Å². The number of benzene rings is 1. The number of nitrogens with zero attached hydrogens (tertiary/aromatic N) is 6. The molecule has 0 saturated carbocycles. The Kier molecular flexibility index (Phi) is 5.24. The molecule has 0 bridgehead atoms. The van der Waals surface area contributed by atoms with E-state index in [4.69, 9.17) is 4.98 Å². The summed E-state index contributed by atoms with van der Waals surface area (Å²) >= 11 is 0. The van der Waals surface area contributed by atoms with E-state index in [-0.39, 0.29) is 18.3 Å². The molecule has 1 aromatic carbocycles. The van der Waals surface area contributed by atoms with Crippen LogP contribution in [0.4, 0.5) is 0 Å². The van der Waals surface area contributed by atoms with Crippen molar-refractivity contribution in [3.8, 4) is 22.5 Å². The Hall–Kier alpha value is -3.89. The Morgan fingerprint density at radius 3 is 2.39 bits per heavy atom. The topological polar surface area (TPSA) is 103 Å². The Morgan fingerprint density at radius 2 is 1.69 bits per heavy atom. The van der Waals surface area contributed by atoms with Crippen LogP contribution in [0.5, 0.6) is 0 Å². The Labute approximate surface area is 207 Å². The lowest BCUT2D eigenvalue weighted by Crippen LogP contribution is -2.31. The molecule has 1 aliphatic rings. The highest BCUT2D eigenvalue weighted by molar-refractivity contribution is 7.88. The second-order valence-electron chi connectivity index (χ2n) is 9.13. The highest BCUT2D eigenvalue weighted by atomic mass is 32.2. The summed E-state index contributed by atoms with van der Waals surface area (Å²) in [4.78, 5) is 27.4. The standard InChI is InChI=1S/C26H24N6O3S/c1-30-23-15-28-22-11-10-21(18-8-9-20(27-14-18)17-6-4-3-5-7-17)29-24(22)25(23)32(26(30)33)19-12-13-31(16-19)36(2,34)35/h3-11,14-15,19H,12-13,16H2,1-2H3/t19-/m0/s1. The fraction of sp³-hybridized carbons (Fsp3) is 0.231. The minimum absolute atomic E-state index is 0.208. The normalized spacial score (nSPS) is 16.8. The first kappa shape index (κ1) is 22.6. The quantitative estimate of drug-likeness (QED) is 0.375. The van der Waals surface area contributed by atoms with Gasteiger partial charge in [0, 0.05) is 37.5 Å². The van der Waals surface area contributed by atoms with Crippen LogP contribution in [0.15, 0.2) is 71.8 Å². The van der Waals surface area contributed by atoms with Crippen LogP contribution in [-0.2, 0) is 17.1 Å². The van der Waals surface area contributed by atoms with Crippen molar-refractivity contribution in [1.82, 2.24) is 28.4 Å². The molecule has 6 rings (SSSR count). The van der Waals surface area contributed by atoms with E-state index >= 15 is 0 Å². The van der Waals surface area contributed by atoms with Gasteiger partial charge in [0.05, 0.1) is 46.4 Å². The molecule has 0 aliphatic carbocycles. The van der Waals surface area contributed by atoms with Gasteiger partial charge >= 0.3 is 5.69 Å². The van der Waals surface area contributed by atoms with Crippen molar-refractivity contribution in [3.05, 3.63) is 77.5 Å². The lowest BCUT2D eigenvalue weighted by molar-refractivity contribution is 0.454. The van der Waals surface area contributed by atoms with Crippen molar-refractivity contribution < 1.29 is 8.42 Å². The maximum atomic E-state index is 13.3. The van der Waals surface area contributed by atoms with Gasteiger partial charge < -0.3 is 0 Å². The molecular weight excluding hydrogens is 476 g/mol. The molecule has 0 amide bonds. The fourth-order valence-corrected chi connectivity index (χ4v) is 5.81. The zero-order valence-corrected chi connectivity index (χ0v) is 20.7. The second kappa shape index (κ2) is 8.35. The number of hydrogen-bond donors (Lipinski definition) is 0. The lowest BCUT2D eigenvalue weighted by atomic mass is 10.1. The third-order valence-electron chi connectivity index (χ3n) is 6.85. The predicted octanol–water partition coefficient (Wildman–Crippen LogP) is 3.22.